The van der Waals surface area contributed by atoms with Gasteiger partial charge in [-0.3, -0.25) is 15.0 Å². The summed E-state index contributed by atoms with van der Waals surface area (Å²) in [5.41, 5.74) is 2.64. The molecule has 2 aromatic heterocycles. The van der Waals surface area contributed by atoms with Gasteiger partial charge in [0.15, 0.2) is 5.13 Å². The fraction of sp³-hybridized carbons (Fsp3) is 0.350. The van der Waals surface area contributed by atoms with E-state index in [9.17, 15) is 4.79 Å². The second kappa shape index (κ2) is 8.69. The van der Waals surface area contributed by atoms with Crippen LogP contribution in [-0.4, -0.2) is 33.9 Å². The van der Waals surface area contributed by atoms with Crippen molar-refractivity contribution in [1.29, 1.82) is 0 Å². The first-order valence-electron chi connectivity index (χ1n) is 9.30. The van der Waals surface area contributed by atoms with E-state index < -0.39 is 0 Å². The first-order valence-corrected chi connectivity index (χ1v) is 11.4. The van der Waals surface area contributed by atoms with Gasteiger partial charge in [-0.2, -0.15) is 0 Å². The lowest BCUT2D eigenvalue weighted by atomic mass is 10.1. The maximum atomic E-state index is 12.7. The number of amides is 1. The molecule has 0 radical (unpaired) electrons. The van der Waals surface area contributed by atoms with Crippen molar-refractivity contribution >= 4 is 45.3 Å². The molecule has 8 heteroatoms. The number of piperidine rings is 1. The number of aryl methyl sites for hydroxylation is 1. The maximum absolute atomic E-state index is 12.7. The molecule has 3 aromatic rings. The van der Waals surface area contributed by atoms with Crippen LogP contribution in [0, 0.1) is 6.92 Å². The number of rotatable bonds is 5. The zero-order valence-electron chi connectivity index (χ0n) is 15.6. The zero-order valence-corrected chi connectivity index (χ0v) is 18.0. The highest BCUT2D eigenvalue weighted by Crippen LogP contribution is 2.30. The van der Waals surface area contributed by atoms with E-state index in [2.05, 4.69) is 20.2 Å². The Hall–Kier alpha value is -1.80. The molecule has 0 unspecified atom stereocenters. The van der Waals surface area contributed by atoms with Crippen LogP contribution < -0.4 is 5.32 Å². The summed E-state index contributed by atoms with van der Waals surface area (Å²) < 4.78 is 0. The average molecular weight is 433 g/mol. The number of carbonyl (C=O) groups excluding carboxylic acids is 1. The summed E-state index contributed by atoms with van der Waals surface area (Å²) in [6.07, 6.45) is 3.83. The number of hydrogen-bond acceptors (Lipinski definition) is 6. The van der Waals surface area contributed by atoms with E-state index in [1.807, 2.05) is 36.6 Å². The first-order chi connectivity index (χ1) is 13.6. The third-order valence-corrected chi connectivity index (χ3v) is 6.93. The number of hydrogen-bond donors (Lipinski definition) is 1. The highest BCUT2D eigenvalue weighted by Gasteiger charge is 2.18. The summed E-state index contributed by atoms with van der Waals surface area (Å²) in [5.74, 6) is -0.165. The van der Waals surface area contributed by atoms with E-state index >= 15 is 0 Å². The van der Waals surface area contributed by atoms with E-state index in [1.165, 1.54) is 41.9 Å². The highest BCUT2D eigenvalue weighted by molar-refractivity contribution is 7.17. The summed E-state index contributed by atoms with van der Waals surface area (Å²) >= 11 is 8.91. The molecule has 1 aliphatic rings. The molecule has 28 heavy (non-hydrogen) atoms. The van der Waals surface area contributed by atoms with Crippen LogP contribution >= 0.6 is 34.3 Å². The van der Waals surface area contributed by atoms with Gasteiger partial charge in [0.2, 0.25) is 0 Å². The summed E-state index contributed by atoms with van der Waals surface area (Å²) in [6, 6.07) is 7.51. The van der Waals surface area contributed by atoms with Gasteiger partial charge in [-0.15, -0.1) is 22.7 Å². The van der Waals surface area contributed by atoms with Gasteiger partial charge in [0.05, 0.1) is 11.4 Å². The molecular weight excluding hydrogens is 412 g/mol. The smallest absolute Gasteiger partial charge is 0.269 e. The minimum atomic E-state index is -0.165. The lowest BCUT2D eigenvalue weighted by Gasteiger charge is -2.25. The second-order valence-electron chi connectivity index (χ2n) is 6.88. The van der Waals surface area contributed by atoms with Crippen molar-refractivity contribution in [1.82, 2.24) is 14.9 Å². The quantitative estimate of drug-likeness (QED) is 0.581. The van der Waals surface area contributed by atoms with E-state index in [-0.39, 0.29) is 5.91 Å². The molecule has 3 heterocycles. The van der Waals surface area contributed by atoms with Gasteiger partial charge in [-0.1, -0.05) is 30.2 Å². The van der Waals surface area contributed by atoms with Gasteiger partial charge in [-0.05, 0) is 45.0 Å². The number of thiazole rings is 2. The molecular formula is C20H21ClN4OS2. The molecule has 4 rings (SSSR count). The van der Waals surface area contributed by atoms with E-state index in [0.29, 0.717) is 20.7 Å². The highest BCUT2D eigenvalue weighted by atomic mass is 35.5. The number of anilines is 1. The van der Waals surface area contributed by atoms with E-state index in [4.69, 9.17) is 11.6 Å². The standard InChI is InChI=1S/C20H21ClN4OS2/c1-13-17(28-19(22-13)14-6-5-7-15(21)10-14)18(26)24-20-23-16(12-27-20)11-25-8-3-2-4-9-25/h5-7,10,12H,2-4,8-9,11H2,1H3,(H,23,24,26). The van der Waals surface area contributed by atoms with Gasteiger partial charge < -0.3 is 0 Å². The predicted octanol–water partition coefficient (Wildman–Crippen LogP) is 5.47. The van der Waals surface area contributed by atoms with Crippen molar-refractivity contribution in [2.75, 3.05) is 18.4 Å². The van der Waals surface area contributed by atoms with Crippen LogP contribution in [0.2, 0.25) is 5.02 Å². The van der Waals surface area contributed by atoms with Crippen molar-refractivity contribution in [3.05, 3.63) is 50.9 Å². The second-order valence-corrected chi connectivity index (χ2v) is 9.17. The maximum Gasteiger partial charge on any atom is 0.269 e. The fourth-order valence-electron chi connectivity index (χ4n) is 3.29. The van der Waals surface area contributed by atoms with Crippen LogP contribution in [-0.2, 0) is 6.54 Å². The Balaban J connectivity index is 1.44. The molecule has 1 N–H and O–H groups in total. The minimum absolute atomic E-state index is 0.165. The summed E-state index contributed by atoms with van der Waals surface area (Å²) in [5, 5.41) is 7.03. The van der Waals surface area contributed by atoms with Crippen molar-refractivity contribution in [3.8, 4) is 10.6 Å². The molecule has 5 nitrogen and oxygen atoms in total. The van der Waals surface area contributed by atoms with Crippen molar-refractivity contribution in [2.45, 2.75) is 32.7 Å². The number of halogens is 1. The molecule has 1 amide bonds. The Kier molecular flexibility index (Phi) is 6.06. The van der Waals surface area contributed by atoms with Crippen LogP contribution in [0.5, 0.6) is 0 Å². The Labute approximate surface area is 177 Å². The van der Waals surface area contributed by atoms with Crippen molar-refractivity contribution in [2.24, 2.45) is 0 Å². The predicted molar refractivity (Wildman–Crippen MR) is 116 cm³/mol. The SMILES string of the molecule is Cc1nc(-c2cccc(Cl)c2)sc1C(=O)Nc1nc(CN2CCCCC2)cs1. The lowest BCUT2D eigenvalue weighted by Crippen LogP contribution is -2.29. The molecule has 1 aromatic carbocycles. The molecule has 1 saturated heterocycles. The van der Waals surface area contributed by atoms with Crippen molar-refractivity contribution in [3.63, 3.8) is 0 Å². The molecule has 146 valence electrons. The van der Waals surface area contributed by atoms with E-state index in [1.54, 1.807) is 0 Å². The molecule has 1 fully saturated rings. The van der Waals surface area contributed by atoms with Crippen LogP contribution in [0.1, 0.15) is 40.3 Å². The average Bonchev–Trinajstić information content (AvgIpc) is 3.29. The van der Waals surface area contributed by atoms with Crippen LogP contribution in [0.15, 0.2) is 29.6 Å². The lowest BCUT2D eigenvalue weighted by molar-refractivity contribution is 0.103. The van der Waals surface area contributed by atoms with Gasteiger partial charge in [0.1, 0.15) is 9.88 Å². The molecule has 0 spiro atoms. The van der Waals surface area contributed by atoms with E-state index in [0.717, 1.165) is 35.9 Å². The monoisotopic (exact) mass is 432 g/mol. The summed E-state index contributed by atoms with van der Waals surface area (Å²) in [4.78, 5) is 24.9. The molecule has 0 bridgehead atoms. The molecule has 1 aliphatic heterocycles. The normalized spacial score (nSPS) is 14.9. The Morgan fingerprint density at radius 2 is 2.07 bits per heavy atom. The summed E-state index contributed by atoms with van der Waals surface area (Å²) in [7, 11) is 0. The van der Waals surface area contributed by atoms with Gasteiger partial charge >= 0.3 is 0 Å². The number of carbonyl (C=O) groups is 1. The largest absolute Gasteiger partial charge is 0.297 e. The zero-order chi connectivity index (χ0) is 19.5. The Morgan fingerprint density at radius 1 is 1.25 bits per heavy atom. The molecule has 0 atom stereocenters. The number of aromatic nitrogens is 2. The van der Waals surface area contributed by atoms with Crippen LogP contribution in [0.3, 0.4) is 0 Å². The van der Waals surface area contributed by atoms with Crippen LogP contribution in [0.25, 0.3) is 10.6 Å². The van der Waals surface area contributed by atoms with Crippen molar-refractivity contribution < 1.29 is 4.79 Å². The Morgan fingerprint density at radius 3 is 2.86 bits per heavy atom. The van der Waals surface area contributed by atoms with Gasteiger partial charge in [0.25, 0.3) is 5.91 Å². The number of benzene rings is 1. The Bertz CT molecular complexity index is 978. The van der Waals surface area contributed by atoms with Gasteiger partial charge in [0, 0.05) is 22.5 Å². The van der Waals surface area contributed by atoms with Crippen LogP contribution in [0.4, 0.5) is 5.13 Å². The third-order valence-electron chi connectivity index (χ3n) is 4.68. The van der Waals surface area contributed by atoms with Gasteiger partial charge in [-0.25, -0.2) is 9.97 Å². The minimum Gasteiger partial charge on any atom is -0.297 e. The molecule has 0 saturated carbocycles. The third kappa shape index (κ3) is 4.60. The number of nitrogens with zero attached hydrogens (tertiary/aromatic N) is 3. The number of likely N-dealkylation sites (tertiary alicyclic amines) is 1. The fourth-order valence-corrected chi connectivity index (χ4v) is 5.13. The topological polar surface area (TPSA) is 58.1 Å². The summed E-state index contributed by atoms with van der Waals surface area (Å²) in [6.45, 7) is 4.96. The molecule has 0 aliphatic carbocycles. The first kappa shape index (κ1) is 19.5. The number of nitrogens with one attached hydrogen (secondary N) is 1.